The third kappa shape index (κ3) is 6.02. The van der Waals surface area contributed by atoms with Gasteiger partial charge in [0.2, 0.25) is 0 Å². The molecule has 0 amide bonds. The molecule has 90 valence electrons. The van der Waals surface area contributed by atoms with Gasteiger partial charge in [0.1, 0.15) is 5.75 Å². The summed E-state index contributed by atoms with van der Waals surface area (Å²) in [7, 11) is 0. The molecule has 0 fully saturated rings. The maximum Gasteiger partial charge on any atom is 0.119 e. The second kappa shape index (κ2) is 7.56. The molecular formula is C14H21ClO. The number of hydrogen-bond donors (Lipinski definition) is 0. The van der Waals surface area contributed by atoms with Gasteiger partial charge in [-0.1, -0.05) is 44.7 Å². The predicted octanol–water partition coefficient (Wildman–Crippen LogP) is 4.94. The van der Waals surface area contributed by atoms with E-state index < -0.39 is 0 Å². The second-order valence-electron chi connectivity index (χ2n) is 4.55. The molecule has 0 bridgehead atoms. The zero-order valence-electron chi connectivity index (χ0n) is 10.2. The Morgan fingerprint density at radius 2 is 1.75 bits per heavy atom. The fourth-order valence-corrected chi connectivity index (χ4v) is 1.68. The average molecular weight is 241 g/mol. The lowest BCUT2D eigenvalue weighted by Crippen LogP contribution is -1.97. The van der Waals surface area contributed by atoms with Crippen LogP contribution >= 0.6 is 11.6 Å². The number of hydrogen-bond acceptors (Lipinski definition) is 1. The summed E-state index contributed by atoms with van der Waals surface area (Å²) >= 11 is 5.79. The van der Waals surface area contributed by atoms with E-state index in [1.54, 1.807) is 0 Å². The molecule has 2 heteroatoms. The van der Waals surface area contributed by atoms with E-state index in [0.29, 0.717) is 0 Å². The molecule has 0 heterocycles. The summed E-state index contributed by atoms with van der Waals surface area (Å²) in [6.45, 7) is 5.34. The summed E-state index contributed by atoms with van der Waals surface area (Å²) in [6.07, 6.45) is 5.02. The maximum absolute atomic E-state index is 5.79. The third-order valence-electron chi connectivity index (χ3n) is 2.51. The van der Waals surface area contributed by atoms with Crippen LogP contribution in [0.5, 0.6) is 5.75 Å². The molecule has 1 rings (SSSR count). The van der Waals surface area contributed by atoms with Crippen molar-refractivity contribution in [2.45, 2.75) is 39.5 Å². The van der Waals surface area contributed by atoms with Crippen LogP contribution in [-0.2, 0) is 0 Å². The normalized spacial score (nSPS) is 10.8. The fourth-order valence-electron chi connectivity index (χ4n) is 1.55. The smallest absolute Gasteiger partial charge is 0.119 e. The second-order valence-corrected chi connectivity index (χ2v) is 4.98. The largest absolute Gasteiger partial charge is 0.494 e. The van der Waals surface area contributed by atoms with Gasteiger partial charge in [0.05, 0.1) is 6.61 Å². The van der Waals surface area contributed by atoms with Gasteiger partial charge < -0.3 is 4.74 Å². The Kier molecular flexibility index (Phi) is 6.32. The molecule has 0 aliphatic carbocycles. The van der Waals surface area contributed by atoms with Gasteiger partial charge in [-0.3, -0.25) is 0 Å². The van der Waals surface area contributed by atoms with E-state index in [4.69, 9.17) is 16.3 Å². The third-order valence-corrected chi connectivity index (χ3v) is 2.76. The molecule has 0 unspecified atom stereocenters. The first-order chi connectivity index (χ1) is 7.68. The minimum atomic E-state index is 0.754. The van der Waals surface area contributed by atoms with Crippen molar-refractivity contribution in [3.8, 4) is 5.75 Å². The molecule has 1 nitrogen and oxygen atoms in total. The Bertz CT molecular complexity index is 279. The highest BCUT2D eigenvalue weighted by atomic mass is 35.5. The molecule has 1 aromatic carbocycles. The van der Waals surface area contributed by atoms with Gasteiger partial charge in [0.25, 0.3) is 0 Å². The molecule has 0 atom stereocenters. The van der Waals surface area contributed by atoms with E-state index >= 15 is 0 Å². The summed E-state index contributed by atoms with van der Waals surface area (Å²) < 4.78 is 5.61. The van der Waals surface area contributed by atoms with Gasteiger partial charge in [0, 0.05) is 5.02 Å². The van der Waals surface area contributed by atoms with E-state index in [-0.39, 0.29) is 0 Å². The average Bonchev–Trinajstić information content (AvgIpc) is 2.25. The summed E-state index contributed by atoms with van der Waals surface area (Å²) in [5.41, 5.74) is 0. The fraction of sp³-hybridized carbons (Fsp3) is 0.571. The van der Waals surface area contributed by atoms with Gasteiger partial charge >= 0.3 is 0 Å². The van der Waals surface area contributed by atoms with Crippen molar-refractivity contribution in [2.75, 3.05) is 6.61 Å². The van der Waals surface area contributed by atoms with Crippen molar-refractivity contribution >= 4 is 11.6 Å². The van der Waals surface area contributed by atoms with Crippen molar-refractivity contribution in [3.05, 3.63) is 29.3 Å². The highest BCUT2D eigenvalue weighted by molar-refractivity contribution is 6.30. The first kappa shape index (κ1) is 13.4. The van der Waals surface area contributed by atoms with Crippen LogP contribution in [-0.4, -0.2) is 6.61 Å². The highest BCUT2D eigenvalue weighted by Crippen LogP contribution is 2.16. The zero-order chi connectivity index (χ0) is 11.8. The quantitative estimate of drug-likeness (QED) is 0.614. The van der Waals surface area contributed by atoms with Crippen LogP contribution in [0.2, 0.25) is 5.02 Å². The van der Waals surface area contributed by atoms with Crippen molar-refractivity contribution in [2.24, 2.45) is 5.92 Å². The maximum atomic E-state index is 5.79. The molecule has 0 saturated heterocycles. The molecule has 0 N–H and O–H groups in total. The lowest BCUT2D eigenvalue weighted by atomic mass is 10.1. The SMILES string of the molecule is CC(C)CCCCCOc1ccc(Cl)cc1. The van der Waals surface area contributed by atoms with E-state index in [9.17, 15) is 0 Å². The topological polar surface area (TPSA) is 9.23 Å². The van der Waals surface area contributed by atoms with Gasteiger partial charge in [-0.2, -0.15) is 0 Å². The Labute approximate surface area is 104 Å². The zero-order valence-corrected chi connectivity index (χ0v) is 11.0. The number of rotatable bonds is 7. The van der Waals surface area contributed by atoms with Crippen LogP contribution in [0, 0.1) is 5.92 Å². The van der Waals surface area contributed by atoms with Crippen LogP contribution in [0.4, 0.5) is 0 Å². The molecule has 0 saturated carbocycles. The van der Waals surface area contributed by atoms with Crippen molar-refractivity contribution in [1.82, 2.24) is 0 Å². The van der Waals surface area contributed by atoms with Crippen molar-refractivity contribution in [1.29, 1.82) is 0 Å². The van der Waals surface area contributed by atoms with Crippen LogP contribution in [0.25, 0.3) is 0 Å². The summed E-state index contributed by atoms with van der Waals surface area (Å²) in [5.74, 6) is 1.73. The van der Waals surface area contributed by atoms with Crippen LogP contribution in [0.1, 0.15) is 39.5 Å². The first-order valence-corrected chi connectivity index (χ1v) is 6.44. The molecule has 1 aromatic rings. The van der Waals surface area contributed by atoms with Gasteiger partial charge in [-0.15, -0.1) is 0 Å². The molecule has 0 aliphatic heterocycles. The van der Waals surface area contributed by atoms with Crippen molar-refractivity contribution in [3.63, 3.8) is 0 Å². The molecule has 0 spiro atoms. The minimum absolute atomic E-state index is 0.754. The number of benzene rings is 1. The number of halogens is 1. The van der Waals surface area contributed by atoms with Gasteiger partial charge in [0.15, 0.2) is 0 Å². The standard InChI is InChI=1S/C14H21ClO/c1-12(2)6-4-3-5-11-16-14-9-7-13(15)8-10-14/h7-10,12H,3-6,11H2,1-2H3. The first-order valence-electron chi connectivity index (χ1n) is 6.07. The Hall–Kier alpha value is -0.690. The molecular weight excluding hydrogens is 220 g/mol. The van der Waals surface area contributed by atoms with E-state index in [0.717, 1.165) is 29.7 Å². The molecule has 16 heavy (non-hydrogen) atoms. The summed E-state index contributed by atoms with van der Waals surface area (Å²) in [6, 6.07) is 7.54. The highest BCUT2D eigenvalue weighted by Gasteiger charge is 1.96. The molecule has 0 aromatic heterocycles. The monoisotopic (exact) mass is 240 g/mol. The van der Waals surface area contributed by atoms with E-state index in [2.05, 4.69) is 13.8 Å². The number of unbranched alkanes of at least 4 members (excludes halogenated alkanes) is 2. The van der Waals surface area contributed by atoms with Gasteiger partial charge in [-0.25, -0.2) is 0 Å². The summed E-state index contributed by atoms with van der Waals surface area (Å²) in [5, 5.41) is 0.754. The van der Waals surface area contributed by atoms with E-state index in [1.165, 1.54) is 19.3 Å². The minimum Gasteiger partial charge on any atom is -0.494 e. The van der Waals surface area contributed by atoms with Gasteiger partial charge in [-0.05, 0) is 36.6 Å². The lowest BCUT2D eigenvalue weighted by molar-refractivity contribution is 0.303. The Morgan fingerprint density at radius 1 is 1.06 bits per heavy atom. The molecule has 0 radical (unpaired) electrons. The van der Waals surface area contributed by atoms with Crippen LogP contribution < -0.4 is 4.74 Å². The summed E-state index contributed by atoms with van der Waals surface area (Å²) in [4.78, 5) is 0. The Balaban J connectivity index is 2.05. The van der Waals surface area contributed by atoms with Crippen molar-refractivity contribution < 1.29 is 4.74 Å². The molecule has 0 aliphatic rings. The Morgan fingerprint density at radius 3 is 2.38 bits per heavy atom. The number of ether oxygens (including phenoxy) is 1. The van der Waals surface area contributed by atoms with E-state index in [1.807, 2.05) is 24.3 Å². The predicted molar refractivity (Wildman–Crippen MR) is 70.3 cm³/mol. The van der Waals surface area contributed by atoms with Crippen LogP contribution in [0.3, 0.4) is 0 Å². The van der Waals surface area contributed by atoms with Crippen LogP contribution in [0.15, 0.2) is 24.3 Å². The lowest BCUT2D eigenvalue weighted by Gasteiger charge is -2.07.